The summed E-state index contributed by atoms with van der Waals surface area (Å²) in [4.78, 5) is 0. The molecular weight excluding hydrogens is 292 g/mol. The summed E-state index contributed by atoms with van der Waals surface area (Å²) in [7, 11) is 0. The number of benzene rings is 1. The molecule has 0 aliphatic heterocycles. The molecule has 2 aromatic carbocycles. The van der Waals surface area contributed by atoms with Gasteiger partial charge in [-0.3, -0.25) is 0 Å². The number of hydrogen-bond acceptors (Lipinski definition) is 2. The molecule has 2 aromatic rings. The molecule has 0 spiro atoms. The molecule has 0 saturated carbocycles. The maximum Gasteiger partial charge on any atom is 2.00 e. The fourth-order valence-electron chi connectivity index (χ4n) is 1.67. The molecule has 0 fully saturated rings. The SMILES string of the molecule is [Fe+2].[O-]C(=C1C=CC=C1)c1ccccc1O.c1cc[cH-]c1. The number of phenols is 1. The summed E-state index contributed by atoms with van der Waals surface area (Å²) in [6.07, 6.45) is 7.06. The first-order chi connectivity index (χ1) is 9.29. The van der Waals surface area contributed by atoms with Crippen LogP contribution in [0.4, 0.5) is 0 Å². The minimum Gasteiger partial charge on any atom is -0.872 e. The van der Waals surface area contributed by atoms with Crippen LogP contribution in [0.15, 0.2) is 84.5 Å². The van der Waals surface area contributed by atoms with Crippen LogP contribution in [0.2, 0.25) is 0 Å². The van der Waals surface area contributed by atoms with Gasteiger partial charge < -0.3 is 10.2 Å². The fraction of sp³-hybridized carbons (Fsp3) is 0. The van der Waals surface area contributed by atoms with Crippen LogP contribution in [0, 0.1) is 0 Å². The predicted molar refractivity (Wildman–Crippen MR) is 75.3 cm³/mol. The summed E-state index contributed by atoms with van der Waals surface area (Å²) in [6, 6.07) is 16.5. The molecular formula is C17H14FeO2. The van der Waals surface area contributed by atoms with Gasteiger partial charge >= 0.3 is 17.1 Å². The number of phenolic OH excluding ortho intramolecular Hbond substituents is 1. The quantitative estimate of drug-likeness (QED) is 0.500. The zero-order chi connectivity index (χ0) is 13.5. The van der Waals surface area contributed by atoms with E-state index in [1.54, 1.807) is 42.5 Å². The van der Waals surface area contributed by atoms with Crippen molar-refractivity contribution in [3.8, 4) is 5.75 Å². The van der Waals surface area contributed by atoms with Crippen molar-refractivity contribution in [2.75, 3.05) is 0 Å². The molecule has 3 heteroatoms. The van der Waals surface area contributed by atoms with Gasteiger partial charge in [0.15, 0.2) is 0 Å². The zero-order valence-corrected chi connectivity index (χ0v) is 11.8. The second kappa shape index (κ2) is 8.15. The first-order valence-electron chi connectivity index (χ1n) is 6.00. The Kier molecular flexibility index (Phi) is 6.51. The standard InChI is InChI=1S/C12H10O2.C5H5.Fe/c13-11-8-4-3-7-10(11)12(14)9-5-1-2-6-9;1-2-4-5-3-1;/h1-8,13-14H;1-5H;/q;-1;+2/p-1. The molecule has 0 amide bonds. The topological polar surface area (TPSA) is 43.3 Å². The molecule has 1 aliphatic carbocycles. The number of allylic oxidation sites excluding steroid dienone is 5. The van der Waals surface area contributed by atoms with E-state index in [-0.39, 0.29) is 28.6 Å². The molecule has 2 nitrogen and oxygen atoms in total. The van der Waals surface area contributed by atoms with Crippen LogP contribution in [0.3, 0.4) is 0 Å². The minimum atomic E-state index is -0.145. The van der Waals surface area contributed by atoms with Gasteiger partial charge in [-0.15, -0.1) is 0 Å². The van der Waals surface area contributed by atoms with Crippen molar-refractivity contribution in [2.45, 2.75) is 0 Å². The largest absolute Gasteiger partial charge is 2.00 e. The van der Waals surface area contributed by atoms with Crippen molar-refractivity contribution in [2.24, 2.45) is 0 Å². The molecule has 0 aromatic heterocycles. The Balaban J connectivity index is 0.000000283. The maximum atomic E-state index is 11.8. The Hall–Kier alpha value is -2.09. The van der Waals surface area contributed by atoms with Crippen LogP contribution in [0.1, 0.15) is 5.56 Å². The molecule has 0 saturated heterocycles. The van der Waals surface area contributed by atoms with E-state index in [1.165, 1.54) is 6.07 Å². The average Bonchev–Trinajstić information content (AvgIpc) is 3.14. The van der Waals surface area contributed by atoms with Crippen molar-refractivity contribution in [1.82, 2.24) is 0 Å². The van der Waals surface area contributed by atoms with Gasteiger partial charge in [-0.05, 0) is 11.6 Å². The Morgan fingerprint density at radius 1 is 0.950 bits per heavy atom. The maximum absolute atomic E-state index is 11.8. The second-order valence-corrected chi connectivity index (χ2v) is 3.98. The number of aromatic hydroxyl groups is 1. The van der Waals surface area contributed by atoms with Crippen molar-refractivity contribution in [3.63, 3.8) is 0 Å². The fourth-order valence-corrected chi connectivity index (χ4v) is 1.67. The molecule has 1 aliphatic rings. The summed E-state index contributed by atoms with van der Waals surface area (Å²) in [5, 5.41) is 21.2. The second-order valence-electron chi connectivity index (χ2n) is 3.98. The summed E-state index contributed by atoms with van der Waals surface area (Å²) in [5.74, 6) is -0.119. The van der Waals surface area contributed by atoms with E-state index in [2.05, 4.69) is 0 Å². The monoisotopic (exact) mass is 306 g/mol. The minimum absolute atomic E-state index is 0. The van der Waals surface area contributed by atoms with Gasteiger partial charge in [0, 0.05) is 5.56 Å². The van der Waals surface area contributed by atoms with E-state index in [9.17, 15) is 10.2 Å². The summed E-state index contributed by atoms with van der Waals surface area (Å²) in [5.41, 5.74) is 0.949. The summed E-state index contributed by atoms with van der Waals surface area (Å²) in [6.45, 7) is 0. The van der Waals surface area contributed by atoms with Crippen molar-refractivity contribution < 1.29 is 27.3 Å². The van der Waals surface area contributed by atoms with Gasteiger partial charge in [0.1, 0.15) is 5.75 Å². The Labute approximate surface area is 129 Å². The van der Waals surface area contributed by atoms with Crippen LogP contribution in [-0.4, -0.2) is 5.11 Å². The van der Waals surface area contributed by atoms with Gasteiger partial charge in [-0.2, -0.15) is 18.2 Å². The van der Waals surface area contributed by atoms with Gasteiger partial charge in [-0.25, -0.2) is 12.1 Å². The first-order valence-corrected chi connectivity index (χ1v) is 6.00. The van der Waals surface area contributed by atoms with Crippen molar-refractivity contribution in [3.05, 3.63) is 90.0 Å². The Morgan fingerprint density at radius 3 is 2.05 bits per heavy atom. The molecule has 0 radical (unpaired) electrons. The molecule has 20 heavy (non-hydrogen) atoms. The predicted octanol–water partition coefficient (Wildman–Crippen LogP) is 2.99. The van der Waals surface area contributed by atoms with Crippen molar-refractivity contribution in [1.29, 1.82) is 0 Å². The molecule has 102 valence electrons. The van der Waals surface area contributed by atoms with Gasteiger partial charge in [0.05, 0.1) is 0 Å². The van der Waals surface area contributed by atoms with Crippen LogP contribution < -0.4 is 5.11 Å². The summed E-state index contributed by atoms with van der Waals surface area (Å²) < 4.78 is 0. The molecule has 0 bridgehead atoms. The zero-order valence-electron chi connectivity index (χ0n) is 10.7. The van der Waals surface area contributed by atoms with E-state index < -0.39 is 0 Å². The molecule has 0 heterocycles. The van der Waals surface area contributed by atoms with Crippen molar-refractivity contribution >= 4 is 5.76 Å². The van der Waals surface area contributed by atoms with Crippen LogP contribution >= 0.6 is 0 Å². The number of para-hydroxylation sites is 1. The van der Waals surface area contributed by atoms with Gasteiger partial charge in [-0.1, -0.05) is 48.3 Å². The molecule has 0 unspecified atom stereocenters. The van der Waals surface area contributed by atoms with Gasteiger partial charge in [0.25, 0.3) is 0 Å². The Morgan fingerprint density at radius 2 is 1.55 bits per heavy atom. The third-order valence-electron chi connectivity index (χ3n) is 2.63. The molecule has 0 atom stereocenters. The van der Waals surface area contributed by atoms with Crippen LogP contribution in [0.25, 0.3) is 5.76 Å². The normalized spacial score (nSPS) is 11.5. The van der Waals surface area contributed by atoms with E-state index in [0.717, 1.165) is 0 Å². The van der Waals surface area contributed by atoms with E-state index >= 15 is 0 Å². The third-order valence-corrected chi connectivity index (χ3v) is 2.63. The van der Waals surface area contributed by atoms with Gasteiger partial charge in [0.2, 0.25) is 0 Å². The van der Waals surface area contributed by atoms with Crippen LogP contribution in [0.5, 0.6) is 5.75 Å². The van der Waals surface area contributed by atoms with E-state index in [0.29, 0.717) is 11.1 Å². The number of rotatable bonds is 1. The van der Waals surface area contributed by atoms with E-state index in [4.69, 9.17) is 0 Å². The first kappa shape index (κ1) is 16.0. The average molecular weight is 306 g/mol. The van der Waals surface area contributed by atoms with E-state index in [1.807, 2.05) is 30.3 Å². The molecule has 3 rings (SSSR count). The number of hydrogen-bond donors (Lipinski definition) is 1. The van der Waals surface area contributed by atoms with Crippen LogP contribution in [-0.2, 0) is 17.1 Å². The Bertz CT molecular complexity index is 576. The molecule has 1 N–H and O–H groups in total. The smallest absolute Gasteiger partial charge is 0.872 e. The summed E-state index contributed by atoms with van der Waals surface area (Å²) >= 11 is 0. The third kappa shape index (κ3) is 4.23.